The molecule has 0 bridgehead atoms. The maximum Gasteiger partial charge on any atom is 0.0423 e. The van der Waals surface area contributed by atoms with E-state index in [-0.39, 0.29) is 5.41 Å². The summed E-state index contributed by atoms with van der Waals surface area (Å²) < 4.78 is 0. The lowest BCUT2D eigenvalue weighted by molar-refractivity contribution is 0.348. The molecule has 20 heavy (non-hydrogen) atoms. The minimum absolute atomic E-state index is 0.0717. The molecule has 1 N–H and O–H groups in total. The van der Waals surface area contributed by atoms with Crippen LogP contribution in [0.2, 0.25) is 0 Å². The van der Waals surface area contributed by atoms with Crippen molar-refractivity contribution in [3.63, 3.8) is 0 Å². The van der Waals surface area contributed by atoms with Gasteiger partial charge in [-0.15, -0.1) is 11.3 Å². The van der Waals surface area contributed by atoms with E-state index < -0.39 is 0 Å². The Morgan fingerprint density at radius 2 is 1.85 bits per heavy atom. The highest BCUT2D eigenvalue weighted by Gasteiger charge is 2.33. The number of nitrogens with one attached hydrogen (secondary N) is 1. The summed E-state index contributed by atoms with van der Waals surface area (Å²) >= 11 is 1.84. The Bertz CT molecular complexity index is 527. The molecule has 0 radical (unpaired) electrons. The smallest absolute Gasteiger partial charge is 0.0423 e. The van der Waals surface area contributed by atoms with E-state index in [2.05, 4.69) is 74.8 Å². The molecular formula is C18H25NS. The normalized spacial score (nSPS) is 13.4. The summed E-state index contributed by atoms with van der Waals surface area (Å²) in [5.74, 6) is 0. The molecule has 108 valence electrons. The third-order valence-electron chi connectivity index (χ3n) is 4.05. The van der Waals surface area contributed by atoms with Crippen LogP contribution in [0.3, 0.4) is 0 Å². The molecule has 2 aromatic rings. The number of aryl methyl sites for hydroxylation is 1. The Morgan fingerprint density at radius 3 is 2.40 bits per heavy atom. The van der Waals surface area contributed by atoms with Crippen LogP contribution in [0, 0.1) is 6.92 Å². The fraction of sp³-hybridized carbons (Fsp3) is 0.444. The van der Waals surface area contributed by atoms with Gasteiger partial charge in [0, 0.05) is 16.3 Å². The molecule has 0 aliphatic carbocycles. The molecule has 1 aromatic carbocycles. The zero-order valence-corrected chi connectivity index (χ0v) is 13.8. The summed E-state index contributed by atoms with van der Waals surface area (Å²) in [4.78, 5) is 1.42. The topological polar surface area (TPSA) is 12.0 Å². The molecule has 2 heteroatoms. The van der Waals surface area contributed by atoms with Gasteiger partial charge in [-0.25, -0.2) is 0 Å². The standard InChI is InChI=1S/C18H25NS/c1-5-12-19-17(16-11-13-20-14(16)2)18(3,4)15-9-7-6-8-10-15/h6-11,13,17,19H,5,12H2,1-4H3. The lowest BCUT2D eigenvalue weighted by Crippen LogP contribution is -2.38. The van der Waals surface area contributed by atoms with Gasteiger partial charge in [0.25, 0.3) is 0 Å². The molecule has 0 saturated carbocycles. The second-order valence-electron chi connectivity index (χ2n) is 5.91. The number of hydrogen-bond donors (Lipinski definition) is 1. The molecule has 0 fully saturated rings. The second-order valence-corrected chi connectivity index (χ2v) is 7.03. The molecule has 0 spiro atoms. The van der Waals surface area contributed by atoms with Crippen LogP contribution in [0.5, 0.6) is 0 Å². The van der Waals surface area contributed by atoms with Crippen LogP contribution in [0.4, 0.5) is 0 Å². The predicted molar refractivity (Wildman–Crippen MR) is 89.6 cm³/mol. The van der Waals surface area contributed by atoms with E-state index in [1.54, 1.807) is 0 Å². The number of rotatable bonds is 6. The lowest BCUT2D eigenvalue weighted by Gasteiger charge is -2.36. The highest BCUT2D eigenvalue weighted by Crippen LogP contribution is 2.39. The average molecular weight is 287 g/mol. The first-order chi connectivity index (χ1) is 9.57. The van der Waals surface area contributed by atoms with Gasteiger partial charge in [-0.1, -0.05) is 51.1 Å². The van der Waals surface area contributed by atoms with Crippen LogP contribution in [0.25, 0.3) is 0 Å². The molecule has 1 unspecified atom stereocenters. The van der Waals surface area contributed by atoms with E-state index in [4.69, 9.17) is 0 Å². The highest BCUT2D eigenvalue weighted by molar-refractivity contribution is 7.10. The van der Waals surface area contributed by atoms with Crippen molar-refractivity contribution in [2.45, 2.75) is 45.6 Å². The molecule has 1 nitrogen and oxygen atoms in total. The Labute approximate surface area is 127 Å². The minimum Gasteiger partial charge on any atom is -0.309 e. The monoisotopic (exact) mass is 287 g/mol. The molecule has 0 aliphatic rings. The fourth-order valence-corrected chi connectivity index (χ4v) is 3.51. The van der Waals surface area contributed by atoms with Crippen molar-refractivity contribution in [2.24, 2.45) is 0 Å². The molecule has 1 atom stereocenters. The van der Waals surface area contributed by atoms with Gasteiger partial charge in [0.1, 0.15) is 0 Å². The SMILES string of the molecule is CCCNC(c1ccsc1C)C(C)(C)c1ccccc1. The number of hydrogen-bond acceptors (Lipinski definition) is 2. The van der Waals surface area contributed by atoms with Crippen molar-refractivity contribution in [1.29, 1.82) is 0 Å². The van der Waals surface area contributed by atoms with E-state index in [9.17, 15) is 0 Å². The third-order valence-corrected chi connectivity index (χ3v) is 4.91. The summed E-state index contributed by atoms with van der Waals surface area (Å²) in [7, 11) is 0. The molecule has 1 aromatic heterocycles. The molecule has 0 amide bonds. The molecule has 0 aliphatic heterocycles. The Hall–Kier alpha value is -1.12. The maximum atomic E-state index is 3.76. The van der Waals surface area contributed by atoms with Gasteiger partial charge in [-0.3, -0.25) is 0 Å². The van der Waals surface area contributed by atoms with Crippen molar-refractivity contribution in [3.8, 4) is 0 Å². The van der Waals surface area contributed by atoms with E-state index in [0.29, 0.717) is 6.04 Å². The fourth-order valence-electron chi connectivity index (χ4n) is 2.77. The quantitative estimate of drug-likeness (QED) is 0.781. The summed E-state index contributed by atoms with van der Waals surface area (Å²) in [5.41, 5.74) is 2.90. The first-order valence-corrected chi connectivity index (χ1v) is 8.28. The van der Waals surface area contributed by atoms with Crippen molar-refractivity contribution < 1.29 is 0 Å². The van der Waals surface area contributed by atoms with Crippen LogP contribution in [0.1, 0.15) is 49.2 Å². The third kappa shape index (κ3) is 3.13. The van der Waals surface area contributed by atoms with E-state index in [1.165, 1.54) is 16.0 Å². The van der Waals surface area contributed by atoms with Gasteiger partial charge in [0.2, 0.25) is 0 Å². The van der Waals surface area contributed by atoms with Gasteiger partial charge in [-0.05, 0) is 42.5 Å². The lowest BCUT2D eigenvalue weighted by atomic mass is 9.75. The van der Waals surface area contributed by atoms with Gasteiger partial charge < -0.3 is 5.32 Å². The Kier molecular flexibility index (Phi) is 5.00. The molecule has 2 rings (SSSR count). The average Bonchev–Trinajstić information content (AvgIpc) is 2.86. The summed E-state index contributed by atoms with van der Waals surface area (Å²) in [6, 6.07) is 13.5. The van der Waals surface area contributed by atoms with Crippen LogP contribution in [0.15, 0.2) is 41.8 Å². The summed E-state index contributed by atoms with van der Waals surface area (Å²) in [6.45, 7) is 10.2. The van der Waals surface area contributed by atoms with E-state index in [1.807, 2.05) is 11.3 Å². The van der Waals surface area contributed by atoms with Crippen molar-refractivity contribution in [2.75, 3.05) is 6.54 Å². The molecule has 1 heterocycles. The zero-order valence-electron chi connectivity index (χ0n) is 12.9. The van der Waals surface area contributed by atoms with Gasteiger partial charge in [0.15, 0.2) is 0 Å². The van der Waals surface area contributed by atoms with Crippen LogP contribution in [-0.2, 0) is 5.41 Å². The second kappa shape index (κ2) is 6.55. The zero-order chi connectivity index (χ0) is 14.6. The number of thiophene rings is 1. The first kappa shape index (κ1) is 15.3. The molecule has 0 saturated heterocycles. The summed E-state index contributed by atoms with van der Waals surface area (Å²) in [6.07, 6.45) is 1.16. The van der Waals surface area contributed by atoms with Gasteiger partial charge >= 0.3 is 0 Å². The molecular weight excluding hydrogens is 262 g/mol. The predicted octanol–water partition coefficient (Wildman–Crippen LogP) is 5.08. The Morgan fingerprint density at radius 1 is 1.15 bits per heavy atom. The maximum absolute atomic E-state index is 3.76. The van der Waals surface area contributed by atoms with Gasteiger partial charge in [0.05, 0.1) is 0 Å². The summed E-state index contributed by atoms with van der Waals surface area (Å²) in [5, 5.41) is 5.96. The van der Waals surface area contributed by atoms with Crippen molar-refractivity contribution >= 4 is 11.3 Å². The van der Waals surface area contributed by atoms with Gasteiger partial charge in [-0.2, -0.15) is 0 Å². The van der Waals surface area contributed by atoms with Crippen molar-refractivity contribution in [3.05, 3.63) is 57.8 Å². The first-order valence-electron chi connectivity index (χ1n) is 7.40. The minimum atomic E-state index is 0.0717. The van der Waals surface area contributed by atoms with E-state index >= 15 is 0 Å². The Balaban J connectivity index is 2.38. The van der Waals surface area contributed by atoms with Crippen molar-refractivity contribution in [1.82, 2.24) is 5.32 Å². The van der Waals surface area contributed by atoms with E-state index in [0.717, 1.165) is 13.0 Å². The number of benzene rings is 1. The van der Waals surface area contributed by atoms with Crippen LogP contribution < -0.4 is 5.32 Å². The largest absolute Gasteiger partial charge is 0.309 e. The highest BCUT2D eigenvalue weighted by atomic mass is 32.1. The van der Waals surface area contributed by atoms with Crippen LogP contribution >= 0.6 is 11.3 Å². The van der Waals surface area contributed by atoms with Crippen LogP contribution in [-0.4, -0.2) is 6.54 Å².